The summed E-state index contributed by atoms with van der Waals surface area (Å²) in [6, 6.07) is 15.7. The van der Waals surface area contributed by atoms with Crippen molar-refractivity contribution in [3.8, 4) is 5.75 Å². The number of anilines is 2. The van der Waals surface area contributed by atoms with Crippen molar-refractivity contribution < 1.29 is 17.9 Å². The lowest BCUT2D eigenvalue weighted by molar-refractivity contribution is -0.119. The third kappa shape index (κ3) is 4.33. The summed E-state index contributed by atoms with van der Waals surface area (Å²) in [5.41, 5.74) is 11.1. The molecule has 1 aliphatic heterocycles. The van der Waals surface area contributed by atoms with Gasteiger partial charge in [-0.2, -0.15) is 0 Å². The van der Waals surface area contributed by atoms with Crippen LogP contribution < -0.4 is 20.1 Å². The number of fused-ring (bicyclic) bond motifs is 1. The summed E-state index contributed by atoms with van der Waals surface area (Å²) in [6.45, 7) is 6.08. The fourth-order valence-corrected chi connectivity index (χ4v) is 6.47. The van der Waals surface area contributed by atoms with E-state index >= 15 is 0 Å². The van der Waals surface area contributed by atoms with Crippen molar-refractivity contribution >= 4 is 27.3 Å². The van der Waals surface area contributed by atoms with Crippen molar-refractivity contribution in [2.75, 3.05) is 23.3 Å². The second-order valence-corrected chi connectivity index (χ2v) is 10.3. The van der Waals surface area contributed by atoms with Crippen molar-refractivity contribution in [3.63, 3.8) is 0 Å². The number of rotatable bonds is 7. The van der Waals surface area contributed by atoms with E-state index in [2.05, 4.69) is 4.72 Å². The fraction of sp³-hybridized carbons (Fsp3) is 0.269. The quantitative estimate of drug-likeness (QED) is 0.533. The molecule has 4 rings (SSSR count). The molecule has 0 radical (unpaired) electrons. The van der Waals surface area contributed by atoms with Crippen LogP contribution in [-0.2, 0) is 21.2 Å². The molecule has 8 heteroatoms. The van der Waals surface area contributed by atoms with Gasteiger partial charge in [0.05, 0.1) is 17.7 Å². The SMILES string of the molecule is COc1cccc(C(C(N)=O)N2CCc3c(NS(=O)(=O)c4c(C)cc(C)cc4C)cccc32)c1. The number of methoxy groups -OCH3 is 1. The second kappa shape index (κ2) is 9.02. The maximum absolute atomic E-state index is 13.4. The molecule has 3 aromatic rings. The minimum absolute atomic E-state index is 0.289. The fourth-order valence-electron chi connectivity index (χ4n) is 4.92. The molecule has 3 aromatic carbocycles. The number of carbonyl (C=O) groups is 1. The summed E-state index contributed by atoms with van der Waals surface area (Å²) >= 11 is 0. The summed E-state index contributed by atoms with van der Waals surface area (Å²) in [5, 5.41) is 0. The number of hydrogen-bond donors (Lipinski definition) is 2. The van der Waals surface area contributed by atoms with Crippen LogP contribution in [0.4, 0.5) is 11.4 Å². The summed E-state index contributed by atoms with van der Waals surface area (Å²) in [4.78, 5) is 14.7. The molecule has 0 saturated carbocycles. The molecule has 1 heterocycles. The first kappa shape index (κ1) is 23.6. The van der Waals surface area contributed by atoms with Crippen molar-refractivity contribution in [1.29, 1.82) is 0 Å². The van der Waals surface area contributed by atoms with E-state index in [0.717, 1.165) is 22.4 Å². The minimum atomic E-state index is -3.80. The Morgan fingerprint density at radius 1 is 1.06 bits per heavy atom. The molecule has 0 fully saturated rings. The zero-order chi connectivity index (χ0) is 24.6. The number of sulfonamides is 1. The van der Waals surface area contributed by atoms with Gasteiger partial charge in [-0.3, -0.25) is 9.52 Å². The maximum Gasteiger partial charge on any atom is 0.262 e. The molecule has 0 saturated heterocycles. The van der Waals surface area contributed by atoms with Crippen LogP contribution in [0.1, 0.15) is 33.9 Å². The number of nitrogens with one attached hydrogen (secondary N) is 1. The summed E-state index contributed by atoms with van der Waals surface area (Å²) in [6.07, 6.45) is 0.577. The van der Waals surface area contributed by atoms with Crippen LogP contribution in [0.2, 0.25) is 0 Å². The van der Waals surface area contributed by atoms with E-state index in [1.54, 1.807) is 45.2 Å². The van der Waals surface area contributed by atoms with Crippen LogP contribution in [0.25, 0.3) is 0 Å². The Bertz CT molecular complexity index is 1350. The Labute approximate surface area is 200 Å². The van der Waals surface area contributed by atoms with Crippen LogP contribution in [0.5, 0.6) is 5.75 Å². The van der Waals surface area contributed by atoms with Gasteiger partial charge in [-0.1, -0.05) is 35.9 Å². The third-order valence-corrected chi connectivity index (χ3v) is 7.84. The zero-order valence-electron chi connectivity index (χ0n) is 19.8. The van der Waals surface area contributed by atoms with Gasteiger partial charge < -0.3 is 15.4 Å². The summed E-state index contributed by atoms with van der Waals surface area (Å²) in [5.74, 6) is 0.145. The molecule has 0 spiro atoms. The molecular formula is C26H29N3O4S. The van der Waals surface area contributed by atoms with E-state index in [1.807, 2.05) is 42.2 Å². The molecule has 0 bridgehead atoms. The molecule has 0 aliphatic carbocycles. The van der Waals surface area contributed by atoms with Gasteiger partial charge >= 0.3 is 0 Å². The van der Waals surface area contributed by atoms with E-state index in [4.69, 9.17) is 10.5 Å². The zero-order valence-corrected chi connectivity index (χ0v) is 20.6. The number of primary amides is 1. The third-order valence-electron chi connectivity index (χ3n) is 6.17. The van der Waals surface area contributed by atoms with Gasteiger partial charge in [-0.05, 0) is 68.1 Å². The van der Waals surface area contributed by atoms with Gasteiger partial charge in [0.1, 0.15) is 11.8 Å². The number of aryl methyl sites for hydroxylation is 3. The Kier molecular flexibility index (Phi) is 6.27. The van der Waals surface area contributed by atoms with Gasteiger partial charge in [0.15, 0.2) is 0 Å². The highest BCUT2D eigenvalue weighted by Gasteiger charge is 2.33. The molecule has 7 nitrogen and oxygen atoms in total. The maximum atomic E-state index is 13.4. The lowest BCUT2D eigenvalue weighted by Crippen LogP contribution is -2.36. The standard InChI is InChI=1S/C26H29N3O4S/c1-16-13-17(2)25(18(3)14-16)34(31,32)28-22-9-6-10-23-21(22)11-12-29(23)24(26(27)30)19-7-5-8-20(15-19)33-4/h5-10,13-15,24,28H,11-12H2,1-4H3,(H2,27,30). The summed E-state index contributed by atoms with van der Waals surface area (Å²) < 4.78 is 34.8. The van der Waals surface area contributed by atoms with Crippen LogP contribution in [0.3, 0.4) is 0 Å². The molecular weight excluding hydrogens is 450 g/mol. The predicted octanol–water partition coefficient (Wildman–Crippen LogP) is 4.01. The molecule has 1 atom stereocenters. The Morgan fingerprint density at radius 3 is 2.38 bits per heavy atom. The van der Waals surface area contributed by atoms with Gasteiger partial charge in [0, 0.05) is 17.8 Å². The predicted molar refractivity (Wildman–Crippen MR) is 134 cm³/mol. The Morgan fingerprint density at radius 2 is 1.74 bits per heavy atom. The average Bonchev–Trinajstić information content (AvgIpc) is 3.17. The van der Waals surface area contributed by atoms with Crippen LogP contribution >= 0.6 is 0 Å². The topological polar surface area (TPSA) is 102 Å². The number of benzene rings is 3. The van der Waals surface area contributed by atoms with E-state index < -0.39 is 22.0 Å². The number of nitrogens with zero attached hydrogens (tertiary/aromatic N) is 1. The first-order valence-corrected chi connectivity index (χ1v) is 12.5. The van der Waals surface area contributed by atoms with E-state index in [9.17, 15) is 13.2 Å². The second-order valence-electron chi connectivity index (χ2n) is 8.66. The Balaban J connectivity index is 1.72. The average molecular weight is 480 g/mol. The van der Waals surface area contributed by atoms with Crippen molar-refractivity contribution in [2.24, 2.45) is 5.73 Å². The molecule has 34 heavy (non-hydrogen) atoms. The highest BCUT2D eigenvalue weighted by molar-refractivity contribution is 7.92. The van der Waals surface area contributed by atoms with E-state index in [1.165, 1.54) is 0 Å². The smallest absolute Gasteiger partial charge is 0.262 e. The van der Waals surface area contributed by atoms with Gasteiger partial charge in [0.2, 0.25) is 5.91 Å². The highest BCUT2D eigenvalue weighted by Crippen LogP contribution is 2.40. The van der Waals surface area contributed by atoms with E-state index in [0.29, 0.717) is 35.5 Å². The largest absolute Gasteiger partial charge is 0.497 e. The first-order chi connectivity index (χ1) is 16.1. The van der Waals surface area contributed by atoms with Gasteiger partial charge in [-0.25, -0.2) is 8.42 Å². The number of ether oxygens (including phenoxy) is 1. The highest BCUT2D eigenvalue weighted by atomic mass is 32.2. The molecule has 3 N–H and O–H groups in total. The van der Waals surface area contributed by atoms with Crippen molar-refractivity contribution in [2.45, 2.75) is 38.1 Å². The number of nitrogens with two attached hydrogens (primary N) is 1. The first-order valence-electron chi connectivity index (χ1n) is 11.0. The van der Waals surface area contributed by atoms with Gasteiger partial charge in [0.25, 0.3) is 10.0 Å². The molecule has 178 valence electrons. The number of hydrogen-bond acceptors (Lipinski definition) is 5. The van der Waals surface area contributed by atoms with Crippen LogP contribution in [0.15, 0.2) is 59.5 Å². The monoisotopic (exact) mass is 479 g/mol. The van der Waals surface area contributed by atoms with Gasteiger partial charge in [-0.15, -0.1) is 0 Å². The normalized spacial score (nSPS) is 13.9. The number of carbonyl (C=O) groups excluding carboxylic acids is 1. The van der Waals surface area contributed by atoms with Crippen LogP contribution in [-0.4, -0.2) is 28.0 Å². The molecule has 1 amide bonds. The van der Waals surface area contributed by atoms with Crippen molar-refractivity contribution in [3.05, 3.63) is 82.4 Å². The minimum Gasteiger partial charge on any atom is -0.497 e. The lowest BCUT2D eigenvalue weighted by Gasteiger charge is -2.28. The molecule has 1 unspecified atom stereocenters. The number of amides is 1. The summed E-state index contributed by atoms with van der Waals surface area (Å²) in [7, 11) is -2.24. The lowest BCUT2D eigenvalue weighted by atomic mass is 10.0. The molecule has 1 aliphatic rings. The van der Waals surface area contributed by atoms with Crippen molar-refractivity contribution in [1.82, 2.24) is 0 Å². The molecule has 0 aromatic heterocycles. The van der Waals surface area contributed by atoms with Crippen LogP contribution in [0, 0.1) is 20.8 Å². The van der Waals surface area contributed by atoms with E-state index in [-0.39, 0.29) is 4.90 Å². The Hall–Kier alpha value is -3.52.